The van der Waals surface area contributed by atoms with Crippen molar-refractivity contribution in [3.63, 3.8) is 0 Å². The Balaban J connectivity index is 1.88. The molecule has 5 nitrogen and oxygen atoms in total. The lowest BCUT2D eigenvalue weighted by atomic mass is 10.1. The summed E-state index contributed by atoms with van der Waals surface area (Å²) in [6.07, 6.45) is 1.45. The molecule has 0 spiro atoms. The second-order valence-electron chi connectivity index (χ2n) is 6.24. The van der Waals surface area contributed by atoms with Crippen molar-refractivity contribution in [3.05, 3.63) is 65.7 Å². The van der Waals surface area contributed by atoms with Gasteiger partial charge in [-0.25, -0.2) is 9.37 Å². The van der Waals surface area contributed by atoms with Gasteiger partial charge in [0.2, 0.25) is 0 Å². The molecule has 0 aliphatic heterocycles. The predicted octanol–water partition coefficient (Wildman–Crippen LogP) is 4.81. The highest BCUT2D eigenvalue weighted by Crippen LogP contribution is 2.35. The van der Waals surface area contributed by atoms with E-state index in [9.17, 15) is 4.39 Å². The minimum absolute atomic E-state index is 0.301. The average molecular weight is 348 g/mol. The molecule has 130 valence electrons. The van der Waals surface area contributed by atoms with Crippen LogP contribution >= 0.6 is 0 Å². The third kappa shape index (κ3) is 2.69. The molecule has 0 atom stereocenters. The van der Waals surface area contributed by atoms with E-state index in [4.69, 9.17) is 4.52 Å². The highest BCUT2D eigenvalue weighted by Gasteiger charge is 2.20. The third-order valence-electron chi connectivity index (χ3n) is 4.57. The van der Waals surface area contributed by atoms with Crippen LogP contribution in [0.15, 0.2) is 53.3 Å². The summed E-state index contributed by atoms with van der Waals surface area (Å²) in [6.45, 7) is 4.15. The van der Waals surface area contributed by atoms with Gasteiger partial charge in [0, 0.05) is 18.3 Å². The van der Waals surface area contributed by atoms with Gasteiger partial charge in [0.15, 0.2) is 0 Å². The number of benzene rings is 2. The number of aromatic nitrogens is 3. The van der Waals surface area contributed by atoms with Crippen molar-refractivity contribution < 1.29 is 8.91 Å². The van der Waals surface area contributed by atoms with Gasteiger partial charge in [0.1, 0.15) is 29.0 Å². The summed E-state index contributed by atoms with van der Waals surface area (Å²) in [5.74, 6) is 0.379. The number of anilines is 2. The molecule has 4 rings (SSSR count). The van der Waals surface area contributed by atoms with Gasteiger partial charge in [0.25, 0.3) is 5.71 Å². The van der Waals surface area contributed by atoms with Crippen molar-refractivity contribution in [1.29, 1.82) is 0 Å². The Morgan fingerprint density at radius 1 is 0.962 bits per heavy atom. The lowest BCUT2D eigenvalue weighted by Gasteiger charge is -2.20. The summed E-state index contributed by atoms with van der Waals surface area (Å²) < 4.78 is 18.6. The maximum absolute atomic E-state index is 13.3. The molecule has 0 saturated heterocycles. The minimum Gasteiger partial charge on any atom is -0.335 e. The second kappa shape index (κ2) is 6.22. The molecule has 0 amide bonds. The van der Waals surface area contributed by atoms with Gasteiger partial charge in [-0.3, -0.25) is 0 Å². The van der Waals surface area contributed by atoms with E-state index in [0.29, 0.717) is 22.6 Å². The normalized spacial score (nSPS) is 11.1. The Labute approximate surface area is 150 Å². The largest absolute Gasteiger partial charge is 0.335 e. The van der Waals surface area contributed by atoms with Crippen LogP contribution in [0.25, 0.3) is 22.4 Å². The van der Waals surface area contributed by atoms with Crippen LogP contribution in [0.3, 0.4) is 0 Å². The smallest absolute Gasteiger partial charge is 0.263 e. The van der Waals surface area contributed by atoms with Gasteiger partial charge >= 0.3 is 0 Å². The third-order valence-corrected chi connectivity index (χ3v) is 4.57. The topological polar surface area (TPSA) is 55.1 Å². The van der Waals surface area contributed by atoms with Gasteiger partial charge in [-0.1, -0.05) is 11.2 Å². The Morgan fingerprint density at radius 2 is 1.73 bits per heavy atom. The van der Waals surface area contributed by atoms with Gasteiger partial charge in [-0.05, 0) is 61.4 Å². The second-order valence-corrected chi connectivity index (χ2v) is 6.24. The summed E-state index contributed by atoms with van der Waals surface area (Å²) in [5, 5.41) is 4.83. The highest BCUT2D eigenvalue weighted by molar-refractivity contribution is 5.99. The average Bonchev–Trinajstić information content (AvgIpc) is 3.08. The van der Waals surface area contributed by atoms with E-state index in [1.807, 2.05) is 18.0 Å². The number of fused-ring (bicyclic) bond motifs is 1. The van der Waals surface area contributed by atoms with E-state index in [0.717, 1.165) is 11.3 Å². The maximum atomic E-state index is 13.3. The SMILES string of the molecule is Cc1ccc(N(C)c2ncnc3onc(-c4ccc(F)cc4)c23)cc1C. The summed E-state index contributed by atoms with van der Waals surface area (Å²) >= 11 is 0. The summed E-state index contributed by atoms with van der Waals surface area (Å²) in [7, 11) is 1.94. The van der Waals surface area contributed by atoms with Crippen LogP contribution in [0.2, 0.25) is 0 Å². The number of hydrogen-bond donors (Lipinski definition) is 0. The van der Waals surface area contributed by atoms with Gasteiger partial charge in [-0.15, -0.1) is 0 Å². The fourth-order valence-electron chi connectivity index (χ4n) is 2.89. The lowest BCUT2D eigenvalue weighted by Crippen LogP contribution is -2.12. The van der Waals surface area contributed by atoms with Gasteiger partial charge < -0.3 is 9.42 Å². The van der Waals surface area contributed by atoms with E-state index in [1.54, 1.807) is 12.1 Å². The molecular weight excluding hydrogens is 331 g/mol. The molecule has 0 saturated carbocycles. The van der Waals surface area contributed by atoms with E-state index < -0.39 is 0 Å². The molecule has 6 heteroatoms. The van der Waals surface area contributed by atoms with Crippen LogP contribution in [-0.2, 0) is 0 Å². The Hall–Kier alpha value is -3.28. The van der Waals surface area contributed by atoms with Gasteiger partial charge in [-0.2, -0.15) is 4.98 Å². The zero-order valence-electron chi connectivity index (χ0n) is 14.7. The van der Waals surface area contributed by atoms with Gasteiger partial charge in [0.05, 0.1) is 0 Å². The monoisotopic (exact) mass is 348 g/mol. The Kier molecular flexibility index (Phi) is 3.88. The van der Waals surface area contributed by atoms with Crippen molar-refractivity contribution in [2.24, 2.45) is 0 Å². The zero-order valence-corrected chi connectivity index (χ0v) is 14.7. The van der Waals surface area contributed by atoms with Crippen LogP contribution in [0.1, 0.15) is 11.1 Å². The molecule has 0 bridgehead atoms. The predicted molar refractivity (Wildman–Crippen MR) is 99.0 cm³/mol. The van der Waals surface area contributed by atoms with Crippen LogP contribution in [-0.4, -0.2) is 22.2 Å². The van der Waals surface area contributed by atoms with Crippen LogP contribution in [0.4, 0.5) is 15.9 Å². The molecular formula is C20H17FN4O. The molecule has 26 heavy (non-hydrogen) atoms. The van der Waals surface area contributed by atoms with Crippen LogP contribution < -0.4 is 4.90 Å². The van der Waals surface area contributed by atoms with Crippen molar-refractivity contribution in [3.8, 4) is 11.3 Å². The van der Waals surface area contributed by atoms with Crippen molar-refractivity contribution >= 4 is 22.6 Å². The first-order valence-electron chi connectivity index (χ1n) is 8.22. The molecule has 2 aromatic carbocycles. The highest BCUT2D eigenvalue weighted by atomic mass is 19.1. The molecule has 0 N–H and O–H groups in total. The summed E-state index contributed by atoms with van der Waals surface area (Å²) in [6, 6.07) is 12.3. The van der Waals surface area contributed by atoms with E-state index in [1.165, 1.54) is 29.6 Å². The summed E-state index contributed by atoms with van der Waals surface area (Å²) in [5.41, 5.74) is 5.15. The fraction of sp³-hybridized carbons (Fsp3) is 0.150. The molecule has 2 heterocycles. The number of nitrogens with zero attached hydrogens (tertiary/aromatic N) is 4. The molecule has 0 unspecified atom stereocenters. The number of rotatable bonds is 3. The maximum Gasteiger partial charge on any atom is 0.263 e. The standard InChI is InChI=1S/C20H17FN4O/c1-12-4-9-16(10-13(12)2)25(3)19-17-18(14-5-7-15(21)8-6-14)24-26-20(17)23-11-22-19/h4-11H,1-3H3. The fourth-order valence-corrected chi connectivity index (χ4v) is 2.89. The number of aryl methyl sites for hydroxylation is 2. The Morgan fingerprint density at radius 3 is 2.46 bits per heavy atom. The first-order chi connectivity index (χ1) is 12.5. The Bertz CT molecular complexity index is 1090. The first-order valence-corrected chi connectivity index (χ1v) is 8.22. The molecule has 0 aliphatic carbocycles. The van der Waals surface area contributed by atoms with E-state index in [2.05, 4.69) is 41.1 Å². The molecule has 0 fully saturated rings. The van der Waals surface area contributed by atoms with Crippen LogP contribution in [0.5, 0.6) is 0 Å². The molecule has 4 aromatic rings. The van der Waals surface area contributed by atoms with Crippen molar-refractivity contribution in [2.45, 2.75) is 13.8 Å². The van der Waals surface area contributed by atoms with E-state index >= 15 is 0 Å². The summed E-state index contributed by atoms with van der Waals surface area (Å²) in [4.78, 5) is 10.6. The molecule has 2 aromatic heterocycles. The number of hydrogen-bond acceptors (Lipinski definition) is 5. The number of halogens is 1. The van der Waals surface area contributed by atoms with Crippen molar-refractivity contribution in [1.82, 2.24) is 15.1 Å². The quantitative estimate of drug-likeness (QED) is 0.532. The van der Waals surface area contributed by atoms with E-state index in [-0.39, 0.29) is 5.82 Å². The van der Waals surface area contributed by atoms with Crippen molar-refractivity contribution in [2.75, 3.05) is 11.9 Å². The minimum atomic E-state index is -0.301. The zero-order chi connectivity index (χ0) is 18.3. The lowest BCUT2D eigenvalue weighted by molar-refractivity contribution is 0.451. The molecule has 0 aliphatic rings. The first kappa shape index (κ1) is 16.2. The molecule has 0 radical (unpaired) electrons. The van der Waals surface area contributed by atoms with Crippen LogP contribution in [0, 0.1) is 19.7 Å².